The minimum atomic E-state index is -0.733. The fourth-order valence-corrected chi connectivity index (χ4v) is 5.12. The molecule has 1 unspecified atom stereocenters. The van der Waals surface area contributed by atoms with E-state index in [-0.39, 0.29) is 38.7 Å². The number of hydrogen-bond acceptors (Lipinski definition) is 5. The third-order valence-corrected chi connectivity index (χ3v) is 6.44. The number of ketones is 1. The van der Waals surface area contributed by atoms with Crippen molar-refractivity contribution in [1.82, 2.24) is 9.88 Å². The number of amides is 1. The second kappa shape index (κ2) is 8.89. The van der Waals surface area contributed by atoms with Crippen molar-refractivity contribution in [2.45, 2.75) is 44.2 Å². The molecule has 0 spiro atoms. The molecule has 0 radical (unpaired) electrons. The average Bonchev–Trinajstić information content (AvgIpc) is 3.04. The maximum absolute atomic E-state index is 13.2. The number of rotatable bonds is 4. The first-order valence-corrected chi connectivity index (χ1v) is 10.9. The molecule has 8 heteroatoms. The van der Waals surface area contributed by atoms with Gasteiger partial charge >= 0.3 is 0 Å². The van der Waals surface area contributed by atoms with Crippen LogP contribution in [0.4, 0.5) is 0 Å². The topological polar surface area (TPSA) is 79.7 Å². The molecule has 2 aliphatic rings. The first-order chi connectivity index (χ1) is 14.9. The minimum Gasteiger partial charge on any atom is -0.507 e. The van der Waals surface area contributed by atoms with Gasteiger partial charge in [0.1, 0.15) is 11.5 Å². The molecular formula is C23H22Cl2N2O4. The summed E-state index contributed by atoms with van der Waals surface area (Å²) >= 11 is 12.4. The van der Waals surface area contributed by atoms with Crippen molar-refractivity contribution < 1.29 is 19.4 Å². The first-order valence-electron chi connectivity index (χ1n) is 10.2. The molecule has 1 amide bonds. The number of ether oxygens (including phenoxy) is 1. The van der Waals surface area contributed by atoms with Crippen LogP contribution < -0.4 is 4.74 Å². The number of aliphatic hydroxyl groups excluding tert-OH is 1. The summed E-state index contributed by atoms with van der Waals surface area (Å²) in [7, 11) is 1.41. The largest absolute Gasteiger partial charge is 0.507 e. The third-order valence-electron chi connectivity index (χ3n) is 5.94. The van der Waals surface area contributed by atoms with Crippen molar-refractivity contribution in [2.75, 3.05) is 7.11 Å². The lowest BCUT2D eigenvalue weighted by molar-refractivity contribution is -0.141. The summed E-state index contributed by atoms with van der Waals surface area (Å²) < 4.78 is 5.35. The van der Waals surface area contributed by atoms with Crippen LogP contribution in [0.15, 0.2) is 42.2 Å². The van der Waals surface area contributed by atoms with Gasteiger partial charge < -0.3 is 14.7 Å². The van der Waals surface area contributed by atoms with Gasteiger partial charge in [-0.1, -0.05) is 42.5 Å². The van der Waals surface area contributed by atoms with Gasteiger partial charge in [0.2, 0.25) is 0 Å². The summed E-state index contributed by atoms with van der Waals surface area (Å²) in [5.74, 6) is -1.52. The lowest BCUT2D eigenvalue weighted by atomic mass is 9.91. The molecule has 1 aromatic carbocycles. The second-order valence-electron chi connectivity index (χ2n) is 7.75. The number of aromatic nitrogens is 1. The highest BCUT2D eigenvalue weighted by Crippen LogP contribution is 2.45. The normalized spacial score (nSPS) is 21.5. The Morgan fingerprint density at radius 3 is 2.45 bits per heavy atom. The maximum atomic E-state index is 13.2. The predicted octanol–water partition coefficient (Wildman–Crippen LogP) is 5.15. The van der Waals surface area contributed by atoms with Crippen molar-refractivity contribution in [3.63, 3.8) is 0 Å². The molecule has 2 heterocycles. The summed E-state index contributed by atoms with van der Waals surface area (Å²) in [6, 6.07) is 5.66. The smallest absolute Gasteiger partial charge is 0.295 e. The summed E-state index contributed by atoms with van der Waals surface area (Å²) in [5, 5.41) is 11.7. The van der Waals surface area contributed by atoms with E-state index >= 15 is 0 Å². The second-order valence-corrected chi connectivity index (χ2v) is 8.59. The van der Waals surface area contributed by atoms with E-state index in [9.17, 15) is 14.7 Å². The van der Waals surface area contributed by atoms with E-state index in [1.807, 2.05) is 0 Å². The number of carbonyl (C=O) groups is 2. The molecule has 1 aliphatic carbocycles. The van der Waals surface area contributed by atoms with Crippen LogP contribution in [0.3, 0.4) is 0 Å². The van der Waals surface area contributed by atoms with Gasteiger partial charge in [-0.25, -0.2) is 0 Å². The third kappa shape index (κ3) is 3.90. The average molecular weight is 461 g/mol. The van der Waals surface area contributed by atoms with E-state index in [4.69, 9.17) is 27.9 Å². The van der Waals surface area contributed by atoms with E-state index in [1.54, 1.807) is 29.4 Å². The van der Waals surface area contributed by atoms with Gasteiger partial charge in [-0.15, -0.1) is 0 Å². The quantitative estimate of drug-likeness (QED) is 0.387. The lowest BCUT2D eigenvalue weighted by Gasteiger charge is -2.35. The van der Waals surface area contributed by atoms with Crippen LogP contribution in [0.5, 0.6) is 5.75 Å². The standard InChI is InChI=1S/C23H22Cl2N2O4/c1-31-22-16(11-14(24)12-17(22)25)20(28)18-19(13-7-9-26-10-8-13)27(23(30)21(18)29)15-5-3-2-4-6-15/h7-12,15,19,28H,2-6H2,1H3/b20-18+. The minimum absolute atomic E-state index is 0.00148. The highest BCUT2D eigenvalue weighted by molar-refractivity contribution is 6.47. The van der Waals surface area contributed by atoms with Gasteiger partial charge in [0.05, 0.1) is 29.3 Å². The van der Waals surface area contributed by atoms with Crippen molar-refractivity contribution in [1.29, 1.82) is 0 Å². The van der Waals surface area contributed by atoms with Crippen LogP contribution in [-0.4, -0.2) is 39.8 Å². The molecule has 2 aromatic rings. The van der Waals surface area contributed by atoms with Gasteiger partial charge in [-0.05, 0) is 42.7 Å². The fraction of sp³-hybridized carbons (Fsp3) is 0.348. The fourth-order valence-electron chi connectivity index (χ4n) is 4.55. The molecule has 1 aliphatic heterocycles. The SMILES string of the molecule is COc1c(Cl)cc(Cl)cc1/C(O)=C1\C(=O)C(=O)N(C2CCCCC2)C1c1ccncc1. The summed E-state index contributed by atoms with van der Waals surface area (Å²) in [6.07, 6.45) is 7.95. The van der Waals surface area contributed by atoms with Gasteiger partial charge in [0, 0.05) is 23.5 Å². The molecule has 2 fully saturated rings. The molecule has 0 bridgehead atoms. The van der Waals surface area contributed by atoms with E-state index in [2.05, 4.69) is 4.98 Å². The van der Waals surface area contributed by atoms with Crippen molar-refractivity contribution in [3.05, 3.63) is 63.4 Å². The molecule has 6 nitrogen and oxygen atoms in total. The molecular weight excluding hydrogens is 439 g/mol. The zero-order valence-corrected chi connectivity index (χ0v) is 18.5. The van der Waals surface area contributed by atoms with Crippen LogP contribution >= 0.6 is 23.2 Å². The molecule has 1 aromatic heterocycles. The van der Waals surface area contributed by atoms with Crippen LogP contribution in [0.2, 0.25) is 10.0 Å². The monoisotopic (exact) mass is 460 g/mol. The van der Waals surface area contributed by atoms with Crippen LogP contribution in [0, 0.1) is 0 Å². The lowest BCUT2D eigenvalue weighted by Crippen LogP contribution is -2.40. The highest BCUT2D eigenvalue weighted by Gasteiger charge is 2.49. The number of carbonyl (C=O) groups excluding carboxylic acids is 2. The number of hydrogen-bond donors (Lipinski definition) is 1. The summed E-state index contributed by atoms with van der Waals surface area (Å²) in [6.45, 7) is 0. The zero-order chi connectivity index (χ0) is 22.1. The Hall–Kier alpha value is -2.57. The van der Waals surface area contributed by atoms with E-state index in [0.29, 0.717) is 5.56 Å². The number of Topliss-reactive ketones (excluding diaryl/α,β-unsaturated/α-hetero) is 1. The molecule has 1 saturated heterocycles. The van der Waals surface area contributed by atoms with E-state index < -0.39 is 17.7 Å². The number of aliphatic hydroxyl groups is 1. The molecule has 162 valence electrons. The number of benzene rings is 1. The maximum Gasteiger partial charge on any atom is 0.295 e. The van der Waals surface area contributed by atoms with Crippen molar-refractivity contribution >= 4 is 40.7 Å². The zero-order valence-electron chi connectivity index (χ0n) is 17.0. The van der Waals surface area contributed by atoms with Gasteiger partial charge in [-0.3, -0.25) is 14.6 Å². The Balaban J connectivity index is 1.93. The molecule has 1 N–H and O–H groups in total. The van der Waals surface area contributed by atoms with Crippen LogP contribution in [-0.2, 0) is 9.59 Å². The number of methoxy groups -OCH3 is 1. The van der Waals surface area contributed by atoms with Crippen LogP contribution in [0.25, 0.3) is 5.76 Å². The van der Waals surface area contributed by atoms with Crippen molar-refractivity contribution in [2.24, 2.45) is 0 Å². The number of pyridine rings is 1. The summed E-state index contributed by atoms with van der Waals surface area (Å²) in [4.78, 5) is 32.0. The van der Waals surface area contributed by atoms with Gasteiger partial charge in [0.15, 0.2) is 0 Å². The van der Waals surface area contributed by atoms with Gasteiger partial charge in [-0.2, -0.15) is 0 Å². The number of halogens is 2. The Bertz CT molecular complexity index is 1050. The first kappa shape index (κ1) is 21.7. The number of nitrogens with zero attached hydrogens (tertiary/aromatic N) is 2. The van der Waals surface area contributed by atoms with Crippen molar-refractivity contribution in [3.8, 4) is 5.75 Å². The Kier molecular flexibility index (Phi) is 6.21. The molecule has 31 heavy (non-hydrogen) atoms. The van der Waals surface area contributed by atoms with Crippen LogP contribution in [0.1, 0.15) is 49.3 Å². The predicted molar refractivity (Wildman–Crippen MR) is 118 cm³/mol. The Morgan fingerprint density at radius 1 is 1.13 bits per heavy atom. The summed E-state index contributed by atoms with van der Waals surface area (Å²) in [5.41, 5.74) is 0.868. The molecule has 4 rings (SSSR count). The van der Waals surface area contributed by atoms with E-state index in [0.717, 1.165) is 32.1 Å². The highest BCUT2D eigenvalue weighted by atomic mass is 35.5. The molecule has 1 atom stereocenters. The Morgan fingerprint density at radius 2 is 1.81 bits per heavy atom. The number of likely N-dealkylation sites (tertiary alicyclic amines) is 1. The van der Waals surface area contributed by atoms with Gasteiger partial charge in [0.25, 0.3) is 11.7 Å². The molecule has 1 saturated carbocycles. The van der Waals surface area contributed by atoms with E-state index in [1.165, 1.54) is 19.2 Å². The Labute approximate surface area is 190 Å².